The SMILES string of the molecule is CCCC(C)NC(=O)COC(=O)c1cc(N)c(C)cc1C. The number of nitrogen functional groups attached to an aromatic ring is 1. The average Bonchev–Trinajstić information content (AvgIpc) is 2.40. The minimum Gasteiger partial charge on any atom is -0.452 e. The molecule has 0 radical (unpaired) electrons. The van der Waals surface area contributed by atoms with Crippen molar-refractivity contribution in [3.05, 3.63) is 28.8 Å². The summed E-state index contributed by atoms with van der Waals surface area (Å²) in [6.45, 7) is 7.38. The Morgan fingerprint density at radius 2 is 1.95 bits per heavy atom. The lowest BCUT2D eigenvalue weighted by Gasteiger charge is -2.13. The molecular formula is C16H24N2O3. The van der Waals surface area contributed by atoms with Crippen LogP contribution >= 0.6 is 0 Å². The molecule has 1 unspecified atom stereocenters. The molecule has 0 aromatic heterocycles. The molecule has 0 aliphatic rings. The highest BCUT2D eigenvalue weighted by atomic mass is 16.5. The molecule has 116 valence electrons. The van der Waals surface area contributed by atoms with Crippen molar-refractivity contribution in [1.29, 1.82) is 0 Å². The van der Waals surface area contributed by atoms with Gasteiger partial charge in [-0.15, -0.1) is 0 Å². The van der Waals surface area contributed by atoms with Gasteiger partial charge in [-0.3, -0.25) is 4.79 Å². The van der Waals surface area contributed by atoms with Gasteiger partial charge in [0.05, 0.1) is 5.56 Å². The Hall–Kier alpha value is -2.04. The second kappa shape index (κ2) is 7.67. The van der Waals surface area contributed by atoms with Crippen molar-refractivity contribution in [2.45, 2.75) is 46.6 Å². The maximum atomic E-state index is 12.0. The lowest BCUT2D eigenvalue weighted by Crippen LogP contribution is -2.35. The van der Waals surface area contributed by atoms with Crippen LogP contribution in [0.5, 0.6) is 0 Å². The van der Waals surface area contributed by atoms with Crippen LogP contribution in [0.25, 0.3) is 0 Å². The molecule has 5 nitrogen and oxygen atoms in total. The summed E-state index contributed by atoms with van der Waals surface area (Å²) < 4.78 is 5.04. The number of ether oxygens (including phenoxy) is 1. The lowest BCUT2D eigenvalue weighted by atomic mass is 10.0. The van der Waals surface area contributed by atoms with Crippen LogP contribution in [0.1, 0.15) is 48.2 Å². The number of anilines is 1. The highest BCUT2D eigenvalue weighted by Crippen LogP contribution is 2.18. The van der Waals surface area contributed by atoms with Gasteiger partial charge in [0.25, 0.3) is 5.91 Å². The molecule has 0 fully saturated rings. The number of aryl methyl sites for hydroxylation is 2. The van der Waals surface area contributed by atoms with E-state index in [2.05, 4.69) is 5.32 Å². The van der Waals surface area contributed by atoms with E-state index in [9.17, 15) is 9.59 Å². The molecule has 1 rings (SSSR count). The standard InChI is InChI=1S/C16H24N2O3/c1-5-6-12(4)18-15(19)9-21-16(20)13-8-14(17)11(3)7-10(13)2/h7-8,12H,5-6,9,17H2,1-4H3,(H,18,19). The van der Waals surface area contributed by atoms with Crippen LogP contribution in [0, 0.1) is 13.8 Å². The summed E-state index contributed by atoms with van der Waals surface area (Å²) >= 11 is 0. The van der Waals surface area contributed by atoms with E-state index in [1.807, 2.05) is 33.8 Å². The number of carbonyl (C=O) groups excluding carboxylic acids is 2. The van der Waals surface area contributed by atoms with Crippen LogP contribution in [0.2, 0.25) is 0 Å². The topological polar surface area (TPSA) is 81.4 Å². The van der Waals surface area contributed by atoms with Crippen LogP contribution < -0.4 is 11.1 Å². The molecule has 1 atom stereocenters. The zero-order valence-corrected chi connectivity index (χ0v) is 13.2. The van der Waals surface area contributed by atoms with E-state index in [-0.39, 0.29) is 18.6 Å². The first kappa shape index (κ1) is 17.0. The smallest absolute Gasteiger partial charge is 0.338 e. The highest BCUT2D eigenvalue weighted by molar-refractivity contribution is 5.93. The van der Waals surface area contributed by atoms with Crippen molar-refractivity contribution >= 4 is 17.6 Å². The van der Waals surface area contributed by atoms with E-state index >= 15 is 0 Å². The zero-order chi connectivity index (χ0) is 16.0. The maximum absolute atomic E-state index is 12.0. The molecular weight excluding hydrogens is 268 g/mol. The molecule has 0 saturated heterocycles. The number of hydrogen-bond donors (Lipinski definition) is 2. The van der Waals surface area contributed by atoms with E-state index in [1.165, 1.54) is 0 Å². The van der Waals surface area contributed by atoms with Crippen molar-refractivity contribution in [3.63, 3.8) is 0 Å². The number of hydrogen-bond acceptors (Lipinski definition) is 4. The summed E-state index contributed by atoms with van der Waals surface area (Å²) in [4.78, 5) is 23.6. The van der Waals surface area contributed by atoms with Crippen molar-refractivity contribution in [3.8, 4) is 0 Å². The highest BCUT2D eigenvalue weighted by Gasteiger charge is 2.15. The summed E-state index contributed by atoms with van der Waals surface area (Å²) in [5.74, 6) is -0.820. The first-order valence-corrected chi connectivity index (χ1v) is 7.18. The second-order valence-electron chi connectivity index (χ2n) is 5.36. The maximum Gasteiger partial charge on any atom is 0.338 e. The van der Waals surface area contributed by atoms with Gasteiger partial charge < -0.3 is 15.8 Å². The van der Waals surface area contributed by atoms with Crippen molar-refractivity contribution < 1.29 is 14.3 Å². The number of nitrogens with two attached hydrogens (primary N) is 1. The molecule has 0 spiro atoms. The molecule has 0 bridgehead atoms. The van der Waals surface area contributed by atoms with E-state index < -0.39 is 5.97 Å². The van der Waals surface area contributed by atoms with Crippen LogP contribution in [-0.4, -0.2) is 24.5 Å². The number of rotatable bonds is 6. The summed E-state index contributed by atoms with van der Waals surface area (Å²) in [7, 11) is 0. The first-order chi connectivity index (χ1) is 9.85. The third-order valence-corrected chi connectivity index (χ3v) is 3.30. The largest absolute Gasteiger partial charge is 0.452 e. The van der Waals surface area contributed by atoms with E-state index in [1.54, 1.807) is 6.07 Å². The predicted molar refractivity (Wildman–Crippen MR) is 83.1 cm³/mol. The van der Waals surface area contributed by atoms with E-state index in [0.29, 0.717) is 11.3 Å². The molecule has 5 heteroatoms. The van der Waals surface area contributed by atoms with Gasteiger partial charge in [-0.05, 0) is 44.4 Å². The number of esters is 1. The van der Waals surface area contributed by atoms with E-state index in [4.69, 9.17) is 10.5 Å². The lowest BCUT2D eigenvalue weighted by molar-refractivity contribution is -0.124. The molecule has 1 aromatic rings. The molecule has 0 saturated carbocycles. The molecule has 1 amide bonds. The number of carbonyl (C=O) groups is 2. The summed E-state index contributed by atoms with van der Waals surface area (Å²) in [6, 6.07) is 3.50. The zero-order valence-electron chi connectivity index (χ0n) is 13.2. The third kappa shape index (κ3) is 5.10. The predicted octanol–water partition coefficient (Wildman–Crippen LogP) is 2.35. The monoisotopic (exact) mass is 292 g/mol. The van der Waals surface area contributed by atoms with Gasteiger partial charge in [0.1, 0.15) is 0 Å². The van der Waals surface area contributed by atoms with E-state index in [0.717, 1.165) is 24.0 Å². The Labute approximate surface area is 125 Å². The Balaban J connectivity index is 2.58. The Morgan fingerprint density at radius 3 is 2.57 bits per heavy atom. The number of nitrogens with one attached hydrogen (secondary N) is 1. The molecule has 0 aliphatic heterocycles. The second-order valence-corrected chi connectivity index (χ2v) is 5.36. The first-order valence-electron chi connectivity index (χ1n) is 7.18. The fraction of sp³-hybridized carbons (Fsp3) is 0.500. The van der Waals surface area contributed by atoms with Gasteiger partial charge in [-0.2, -0.15) is 0 Å². The van der Waals surface area contributed by atoms with Crippen LogP contribution in [-0.2, 0) is 9.53 Å². The fourth-order valence-corrected chi connectivity index (χ4v) is 2.12. The Morgan fingerprint density at radius 1 is 1.29 bits per heavy atom. The van der Waals surface area contributed by atoms with Gasteiger partial charge in [0, 0.05) is 11.7 Å². The number of amides is 1. The average molecular weight is 292 g/mol. The van der Waals surface area contributed by atoms with Crippen LogP contribution in [0.4, 0.5) is 5.69 Å². The van der Waals surface area contributed by atoms with Crippen LogP contribution in [0.15, 0.2) is 12.1 Å². The molecule has 21 heavy (non-hydrogen) atoms. The minimum atomic E-state index is -0.530. The Kier molecular flexibility index (Phi) is 6.21. The third-order valence-electron chi connectivity index (χ3n) is 3.30. The summed E-state index contributed by atoms with van der Waals surface area (Å²) in [6.07, 6.45) is 1.89. The van der Waals surface area contributed by atoms with Gasteiger partial charge in [-0.25, -0.2) is 4.79 Å². The van der Waals surface area contributed by atoms with Gasteiger partial charge >= 0.3 is 5.97 Å². The normalized spacial score (nSPS) is 11.8. The Bertz CT molecular complexity index is 526. The molecule has 3 N–H and O–H groups in total. The van der Waals surface area contributed by atoms with Gasteiger partial charge in [0.2, 0.25) is 0 Å². The minimum absolute atomic E-state index is 0.0814. The quantitative estimate of drug-likeness (QED) is 0.623. The fourth-order valence-electron chi connectivity index (χ4n) is 2.12. The summed E-state index contributed by atoms with van der Waals surface area (Å²) in [5, 5.41) is 2.78. The van der Waals surface area contributed by atoms with Crippen molar-refractivity contribution in [2.24, 2.45) is 0 Å². The van der Waals surface area contributed by atoms with Crippen LogP contribution in [0.3, 0.4) is 0 Å². The molecule has 1 aromatic carbocycles. The molecule has 0 heterocycles. The molecule has 0 aliphatic carbocycles. The van der Waals surface area contributed by atoms with Gasteiger partial charge in [0.15, 0.2) is 6.61 Å². The summed E-state index contributed by atoms with van der Waals surface area (Å²) in [5.41, 5.74) is 8.42. The van der Waals surface area contributed by atoms with Gasteiger partial charge in [-0.1, -0.05) is 19.4 Å². The number of benzene rings is 1. The van der Waals surface area contributed by atoms with Crippen molar-refractivity contribution in [2.75, 3.05) is 12.3 Å². The van der Waals surface area contributed by atoms with Crippen molar-refractivity contribution in [1.82, 2.24) is 5.32 Å².